The van der Waals surface area contributed by atoms with E-state index >= 15 is 0 Å². The number of benzene rings is 3. The van der Waals surface area contributed by atoms with Gasteiger partial charge in [0.1, 0.15) is 23.5 Å². The molecule has 4 aromatic rings. The Morgan fingerprint density at radius 2 is 1.47 bits per heavy atom. The fourth-order valence-electron chi connectivity index (χ4n) is 4.77. The average Bonchev–Trinajstić information content (AvgIpc) is 3.60. The molecule has 0 radical (unpaired) electrons. The van der Waals surface area contributed by atoms with Crippen molar-refractivity contribution in [3.05, 3.63) is 113 Å². The average molecular weight is 481 g/mol. The predicted octanol–water partition coefficient (Wildman–Crippen LogP) is 4.91. The van der Waals surface area contributed by atoms with Crippen molar-refractivity contribution in [3.63, 3.8) is 0 Å². The zero-order valence-corrected chi connectivity index (χ0v) is 18.8. The molecule has 9 nitrogen and oxygen atoms in total. The van der Waals surface area contributed by atoms with Gasteiger partial charge in [0.25, 0.3) is 11.6 Å². The van der Waals surface area contributed by atoms with Crippen LogP contribution in [0.15, 0.2) is 101 Å². The number of carbonyl (C=O) groups is 2. The maximum atomic E-state index is 13.6. The Balaban J connectivity index is 1.42. The number of non-ortho nitro benzene ring substituents is 1. The number of anilines is 2. The number of hydrogen-bond acceptors (Lipinski definition) is 7. The van der Waals surface area contributed by atoms with Crippen molar-refractivity contribution in [2.75, 3.05) is 9.96 Å². The summed E-state index contributed by atoms with van der Waals surface area (Å²) in [6.45, 7) is 0. The number of imide groups is 1. The van der Waals surface area contributed by atoms with Gasteiger partial charge in [-0.05, 0) is 36.4 Å². The van der Waals surface area contributed by atoms with Gasteiger partial charge in [0.15, 0.2) is 6.10 Å². The SMILES string of the molecule is O=C1[C@H]2[C@H](ON(c3ccccc3)[C@@H]2c2ccc(-c3cccc([N+](=O)[O-])c3)o2)C(=O)N1c1ccccc1. The van der Waals surface area contributed by atoms with E-state index in [4.69, 9.17) is 9.25 Å². The van der Waals surface area contributed by atoms with Gasteiger partial charge in [-0.1, -0.05) is 48.5 Å². The van der Waals surface area contributed by atoms with Crippen LogP contribution < -0.4 is 9.96 Å². The molecule has 0 bridgehead atoms. The number of nitro benzene ring substituents is 1. The van der Waals surface area contributed by atoms with Gasteiger partial charge in [0, 0.05) is 17.7 Å². The van der Waals surface area contributed by atoms with E-state index in [1.165, 1.54) is 12.1 Å². The molecule has 0 N–H and O–H groups in total. The zero-order chi connectivity index (χ0) is 24.8. The minimum absolute atomic E-state index is 0.0595. The minimum Gasteiger partial charge on any atom is -0.459 e. The Morgan fingerprint density at radius 3 is 2.17 bits per heavy atom. The van der Waals surface area contributed by atoms with Gasteiger partial charge >= 0.3 is 0 Å². The topological polar surface area (TPSA) is 106 Å². The first-order valence-corrected chi connectivity index (χ1v) is 11.3. The molecule has 2 aliphatic heterocycles. The molecule has 3 heterocycles. The Morgan fingerprint density at radius 1 is 0.778 bits per heavy atom. The Hall–Kier alpha value is -4.76. The van der Waals surface area contributed by atoms with Crippen LogP contribution in [0.25, 0.3) is 11.3 Å². The van der Waals surface area contributed by atoms with Crippen LogP contribution >= 0.6 is 0 Å². The number of carbonyl (C=O) groups excluding carboxylic acids is 2. The highest BCUT2D eigenvalue weighted by atomic mass is 16.7. The second-order valence-corrected chi connectivity index (χ2v) is 8.51. The number of furan rings is 1. The molecule has 0 spiro atoms. The van der Waals surface area contributed by atoms with E-state index in [0.29, 0.717) is 28.5 Å². The predicted molar refractivity (Wildman–Crippen MR) is 130 cm³/mol. The summed E-state index contributed by atoms with van der Waals surface area (Å²) in [5, 5.41) is 12.8. The number of amides is 2. The quantitative estimate of drug-likeness (QED) is 0.227. The lowest BCUT2D eigenvalue weighted by atomic mass is 9.94. The van der Waals surface area contributed by atoms with E-state index in [2.05, 4.69) is 0 Å². The number of hydrogen-bond donors (Lipinski definition) is 0. The van der Waals surface area contributed by atoms with Crippen LogP contribution in [0.1, 0.15) is 11.8 Å². The van der Waals surface area contributed by atoms with Crippen molar-refractivity contribution in [3.8, 4) is 11.3 Å². The van der Waals surface area contributed by atoms with Crippen molar-refractivity contribution in [2.24, 2.45) is 5.92 Å². The van der Waals surface area contributed by atoms with Gasteiger partial charge < -0.3 is 4.42 Å². The largest absolute Gasteiger partial charge is 0.459 e. The summed E-state index contributed by atoms with van der Waals surface area (Å²) < 4.78 is 6.15. The highest BCUT2D eigenvalue weighted by Gasteiger charge is 2.61. The first-order chi connectivity index (χ1) is 17.5. The van der Waals surface area contributed by atoms with E-state index in [1.807, 2.05) is 36.4 Å². The monoisotopic (exact) mass is 481 g/mol. The zero-order valence-electron chi connectivity index (χ0n) is 18.8. The summed E-state index contributed by atoms with van der Waals surface area (Å²) in [5.74, 6) is -0.856. The molecule has 9 heteroatoms. The number of hydroxylamine groups is 1. The lowest BCUT2D eigenvalue weighted by Crippen LogP contribution is -2.37. The maximum Gasteiger partial charge on any atom is 0.270 e. The molecule has 3 atom stereocenters. The van der Waals surface area contributed by atoms with Crippen LogP contribution in [0.3, 0.4) is 0 Å². The lowest BCUT2D eigenvalue weighted by Gasteiger charge is -2.27. The minimum atomic E-state index is -1.02. The number of nitro groups is 1. The van der Waals surface area contributed by atoms with Gasteiger partial charge in [-0.25, -0.2) is 9.96 Å². The van der Waals surface area contributed by atoms with Gasteiger partial charge in [0.05, 0.1) is 16.3 Å². The number of rotatable bonds is 5. The molecule has 0 aliphatic carbocycles. The summed E-state index contributed by atoms with van der Waals surface area (Å²) in [6, 6.07) is 26.7. The second kappa shape index (κ2) is 8.47. The van der Waals surface area contributed by atoms with Crippen LogP contribution in [0.2, 0.25) is 0 Å². The first-order valence-electron chi connectivity index (χ1n) is 11.3. The standard InChI is InChI=1S/C27H19N3O6/c31-26-23-24(22-15-14-21(35-22)17-8-7-13-20(16-17)30(33)34)29(19-11-5-2-6-12-19)36-25(23)27(32)28(26)18-9-3-1-4-10-18/h1-16,23-25H/t23-,24-,25+/m1/s1. The smallest absolute Gasteiger partial charge is 0.270 e. The molecule has 2 fully saturated rings. The van der Waals surface area contributed by atoms with Crippen molar-refractivity contribution in [1.82, 2.24) is 0 Å². The van der Waals surface area contributed by atoms with E-state index in [0.717, 1.165) is 4.90 Å². The molecule has 2 amide bonds. The Bertz CT molecular complexity index is 1470. The highest BCUT2D eigenvalue weighted by Crippen LogP contribution is 2.48. The lowest BCUT2D eigenvalue weighted by molar-refractivity contribution is -0.384. The van der Waals surface area contributed by atoms with E-state index in [9.17, 15) is 19.7 Å². The van der Waals surface area contributed by atoms with Crippen LogP contribution in [-0.4, -0.2) is 22.8 Å². The third-order valence-corrected chi connectivity index (χ3v) is 6.40. The molecular weight excluding hydrogens is 462 g/mol. The summed E-state index contributed by atoms with van der Waals surface area (Å²) >= 11 is 0. The number of para-hydroxylation sites is 2. The number of fused-ring (bicyclic) bond motifs is 1. The molecule has 1 aromatic heterocycles. The van der Waals surface area contributed by atoms with Gasteiger partial charge in [-0.3, -0.25) is 24.5 Å². The van der Waals surface area contributed by atoms with E-state index < -0.39 is 28.9 Å². The molecular formula is C27H19N3O6. The summed E-state index contributed by atoms with van der Waals surface area (Å²) in [4.78, 5) is 45.0. The number of nitrogens with zero attached hydrogens (tertiary/aromatic N) is 3. The van der Waals surface area contributed by atoms with Crippen LogP contribution in [-0.2, 0) is 14.4 Å². The molecule has 2 saturated heterocycles. The van der Waals surface area contributed by atoms with E-state index in [-0.39, 0.29) is 11.6 Å². The van der Waals surface area contributed by atoms with Crippen LogP contribution in [0.4, 0.5) is 17.1 Å². The van der Waals surface area contributed by atoms with Crippen molar-refractivity contribution in [2.45, 2.75) is 12.1 Å². The van der Waals surface area contributed by atoms with Gasteiger partial charge in [-0.15, -0.1) is 0 Å². The van der Waals surface area contributed by atoms with Gasteiger partial charge in [0.2, 0.25) is 5.91 Å². The molecule has 3 aromatic carbocycles. The van der Waals surface area contributed by atoms with Crippen LogP contribution in [0.5, 0.6) is 0 Å². The Labute approximate surface area is 205 Å². The molecule has 0 unspecified atom stereocenters. The van der Waals surface area contributed by atoms with Crippen LogP contribution in [0, 0.1) is 16.0 Å². The fraction of sp³-hybridized carbons (Fsp3) is 0.111. The van der Waals surface area contributed by atoms with E-state index in [1.54, 1.807) is 53.6 Å². The highest BCUT2D eigenvalue weighted by molar-refractivity contribution is 6.23. The second-order valence-electron chi connectivity index (χ2n) is 8.51. The third-order valence-electron chi connectivity index (χ3n) is 6.40. The Kier molecular flexibility index (Phi) is 5.12. The third kappa shape index (κ3) is 3.45. The summed E-state index contributed by atoms with van der Waals surface area (Å²) in [7, 11) is 0. The molecule has 6 rings (SSSR count). The van der Waals surface area contributed by atoms with Crippen molar-refractivity contribution < 1.29 is 23.8 Å². The molecule has 2 aliphatic rings. The maximum absolute atomic E-state index is 13.6. The summed E-state index contributed by atoms with van der Waals surface area (Å²) in [6.07, 6.45) is -1.02. The van der Waals surface area contributed by atoms with Gasteiger partial charge in [-0.2, -0.15) is 0 Å². The normalized spacial score (nSPS) is 21.2. The first kappa shape index (κ1) is 21.8. The molecule has 178 valence electrons. The molecule has 0 saturated carbocycles. The summed E-state index contributed by atoms with van der Waals surface area (Å²) in [5.41, 5.74) is 1.61. The van der Waals surface area contributed by atoms with Crippen molar-refractivity contribution in [1.29, 1.82) is 0 Å². The van der Waals surface area contributed by atoms with Crippen molar-refractivity contribution >= 4 is 28.9 Å². The fourth-order valence-corrected chi connectivity index (χ4v) is 4.77. The molecule has 36 heavy (non-hydrogen) atoms.